The van der Waals surface area contributed by atoms with Gasteiger partial charge in [0.15, 0.2) is 0 Å². The van der Waals surface area contributed by atoms with Crippen molar-refractivity contribution in [3.05, 3.63) is 60.4 Å². The first-order valence-corrected chi connectivity index (χ1v) is 5.89. The van der Waals surface area contributed by atoms with Gasteiger partial charge in [0.25, 0.3) is 0 Å². The monoisotopic (exact) mass is 229 g/mol. The molecule has 0 aliphatic carbocycles. The second-order valence-corrected chi connectivity index (χ2v) is 4.15. The van der Waals surface area contributed by atoms with Crippen LogP contribution in [0.3, 0.4) is 0 Å². The summed E-state index contributed by atoms with van der Waals surface area (Å²) in [5.41, 5.74) is 4.14. The number of allylic oxidation sites excluding steroid dienone is 7. The lowest BCUT2D eigenvalue weighted by Crippen LogP contribution is -1.94. The van der Waals surface area contributed by atoms with Crippen LogP contribution < -0.4 is 0 Å². The standard InChI is InChI=1S/C16H23N/c1-7-9-10-17-16(8-2)15(6)12-14(5)11-13(3)4/h8-12H,2,6-7H2,1,3-5H3/b10-9-,14-12-,17-16?. The van der Waals surface area contributed by atoms with Gasteiger partial charge < -0.3 is 0 Å². The summed E-state index contributed by atoms with van der Waals surface area (Å²) in [6, 6.07) is 0. The molecule has 0 radical (unpaired) electrons. The van der Waals surface area contributed by atoms with Crippen molar-refractivity contribution >= 4 is 5.71 Å². The first kappa shape index (κ1) is 15.4. The molecule has 0 aromatic carbocycles. The molecule has 0 amide bonds. The van der Waals surface area contributed by atoms with Crippen molar-refractivity contribution < 1.29 is 0 Å². The van der Waals surface area contributed by atoms with Crippen LogP contribution in [-0.2, 0) is 0 Å². The van der Waals surface area contributed by atoms with Crippen molar-refractivity contribution in [3.8, 4) is 0 Å². The molecule has 0 heterocycles. The van der Waals surface area contributed by atoms with Crippen molar-refractivity contribution in [2.75, 3.05) is 0 Å². The summed E-state index contributed by atoms with van der Waals surface area (Å²) in [7, 11) is 0. The molecule has 0 aliphatic rings. The molecule has 0 rings (SSSR count). The molecule has 17 heavy (non-hydrogen) atoms. The van der Waals surface area contributed by atoms with Crippen molar-refractivity contribution in [3.63, 3.8) is 0 Å². The molecule has 1 nitrogen and oxygen atoms in total. The molecule has 0 bridgehead atoms. The summed E-state index contributed by atoms with van der Waals surface area (Å²) in [6.07, 6.45) is 10.7. The van der Waals surface area contributed by atoms with Crippen LogP contribution in [0.5, 0.6) is 0 Å². The van der Waals surface area contributed by atoms with Crippen LogP contribution >= 0.6 is 0 Å². The van der Waals surface area contributed by atoms with Crippen molar-refractivity contribution in [2.45, 2.75) is 34.1 Å². The molecular formula is C16H23N. The Labute approximate surface area is 106 Å². The van der Waals surface area contributed by atoms with Gasteiger partial charge in [-0.3, -0.25) is 4.99 Å². The lowest BCUT2D eigenvalue weighted by atomic mass is 10.1. The number of nitrogens with zero attached hydrogens (tertiary/aromatic N) is 1. The zero-order chi connectivity index (χ0) is 13.3. The minimum absolute atomic E-state index is 0.816. The number of hydrogen-bond acceptors (Lipinski definition) is 1. The number of hydrogen-bond donors (Lipinski definition) is 0. The largest absolute Gasteiger partial charge is 0.257 e. The maximum atomic E-state index is 4.32. The van der Waals surface area contributed by atoms with Crippen LogP contribution in [0.25, 0.3) is 0 Å². The molecule has 0 aromatic rings. The fraction of sp³-hybridized carbons (Fsp3) is 0.312. The quantitative estimate of drug-likeness (QED) is 0.448. The Morgan fingerprint density at radius 1 is 1.18 bits per heavy atom. The molecule has 92 valence electrons. The second-order valence-electron chi connectivity index (χ2n) is 4.15. The Bertz CT molecular complexity index is 386. The molecule has 0 saturated heterocycles. The SMILES string of the molecule is C=CC(=N/C=C\CC)C(=C)/C=C(/C)C=C(C)C. The van der Waals surface area contributed by atoms with E-state index in [1.807, 2.05) is 12.2 Å². The zero-order valence-electron chi connectivity index (χ0n) is 11.5. The van der Waals surface area contributed by atoms with E-state index in [0.29, 0.717) is 0 Å². The van der Waals surface area contributed by atoms with E-state index in [-0.39, 0.29) is 0 Å². The van der Waals surface area contributed by atoms with Crippen LogP contribution in [0.1, 0.15) is 34.1 Å². The van der Waals surface area contributed by atoms with E-state index in [1.54, 1.807) is 12.3 Å². The third-order valence-electron chi connectivity index (χ3n) is 2.00. The van der Waals surface area contributed by atoms with Gasteiger partial charge in [0.1, 0.15) is 0 Å². The van der Waals surface area contributed by atoms with Crippen molar-refractivity contribution in [1.82, 2.24) is 0 Å². The van der Waals surface area contributed by atoms with Gasteiger partial charge >= 0.3 is 0 Å². The maximum absolute atomic E-state index is 4.32. The lowest BCUT2D eigenvalue weighted by Gasteiger charge is -2.01. The molecule has 0 atom stereocenters. The summed E-state index contributed by atoms with van der Waals surface area (Å²) in [4.78, 5) is 4.32. The van der Waals surface area contributed by atoms with Gasteiger partial charge in [-0.05, 0) is 38.8 Å². The van der Waals surface area contributed by atoms with E-state index in [9.17, 15) is 0 Å². The van der Waals surface area contributed by atoms with Gasteiger partial charge in [-0.15, -0.1) is 0 Å². The molecular weight excluding hydrogens is 206 g/mol. The first-order valence-electron chi connectivity index (χ1n) is 5.89. The van der Waals surface area contributed by atoms with Gasteiger partial charge in [-0.25, -0.2) is 0 Å². The third kappa shape index (κ3) is 7.29. The fourth-order valence-corrected chi connectivity index (χ4v) is 1.35. The van der Waals surface area contributed by atoms with Crippen LogP contribution in [0.15, 0.2) is 65.4 Å². The highest BCUT2D eigenvalue weighted by Crippen LogP contribution is 2.07. The minimum atomic E-state index is 0.816. The fourth-order valence-electron chi connectivity index (χ4n) is 1.35. The summed E-state index contributed by atoms with van der Waals surface area (Å²) < 4.78 is 0. The lowest BCUT2D eigenvalue weighted by molar-refractivity contribution is 1.21. The third-order valence-corrected chi connectivity index (χ3v) is 2.00. The summed E-state index contributed by atoms with van der Waals surface area (Å²) in [5, 5.41) is 0. The van der Waals surface area contributed by atoms with Gasteiger partial charge in [-0.1, -0.05) is 49.5 Å². The number of rotatable bonds is 6. The van der Waals surface area contributed by atoms with E-state index < -0.39 is 0 Å². The highest BCUT2D eigenvalue weighted by Gasteiger charge is 1.96. The van der Waals surface area contributed by atoms with E-state index in [4.69, 9.17) is 0 Å². The molecule has 0 aliphatic heterocycles. The van der Waals surface area contributed by atoms with Crippen molar-refractivity contribution in [2.24, 2.45) is 4.99 Å². The Morgan fingerprint density at radius 2 is 1.82 bits per heavy atom. The Hall–Kier alpha value is -1.63. The van der Waals surface area contributed by atoms with Crippen LogP contribution in [0.4, 0.5) is 0 Å². The highest BCUT2D eigenvalue weighted by atomic mass is 14.7. The zero-order valence-corrected chi connectivity index (χ0v) is 11.5. The summed E-state index contributed by atoms with van der Waals surface area (Å²) in [6.45, 7) is 16.1. The minimum Gasteiger partial charge on any atom is -0.257 e. The Kier molecular flexibility index (Phi) is 7.70. The predicted molar refractivity (Wildman–Crippen MR) is 79.4 cm³/mol. The predicted octanol–water partition coefficient (Wildman–Crippen LogP) is 5.01. The summed E-state index contributed by atoms with van der Waals surface area (Å²) >= 11 is 0. The van der Waals surface area contributed by atoms with E-state index in [1.165, 1.54) is 11.1 Å². The first-order chi connectivity index (χ1) is 8.01. The molecule has 1 heteroatoms. The molecule has 0 fully saturated rings. The van der Waals surface area contributed by atoms with Gasteiger partial charge in [0.05, 0.1) is 5.71 Å². The Balaban J connectivity index is 4.90. The smallest absolute Gasteiger partial charge is 0.0690 e. The Morgan fingerprint density at radius 3 is 2.29 bits per heavy atom. The average molecular weight is 229 g/mol. The number of aliphatic imine (C=N–C) groups is 1. The van der Waals surface area contributed by atoms with Gasteiger partial charge in [0.2, 0.25) is 0 Å². The normalized spacial score (nSPS) is 12.7. The second kappa shape index (κ2) is 8.51. The van der Waals surface area contributed by atoms with E-state index >= 15 is 0 Å². The summed E-state index contributed by atoms with van der Waals surface area (Å²) in [5.74, 6) is 0. The van der Waals surface area contributed by atoms with Gasteiger partial charge in [0, 0.05) is 6.20 Å². The van der Waals surface area contributed by atoms with E-state index in [2.05, 4.69) is 51.9 Å². The molecule has 0 aromatic heterocycles. The van der Waals surface area contributed by atoms with Crippen LogP contribution in [0, 0.1) is 0 Å². The van der Waals surface area contributed by atoms with Crippen LogP contribution in [-0.4, -0.2) is 5.71 Å². The highest BCUT2D eigenvalue weighted by molar-refractivity contribution is 6.10. The maximum Gasteiger partial charge on any atom is 0.0690 e. The molecule has 0 unspecified atom stereocenters. The molecule has 0 spiro atoms. The van der Waals surface area contributed by atoms with E-state index in [0.717, 1.165) is 17.7 Å². The van der Waals surface area contributed by atoms with Gasteiger partial charge in [-0.2, -0.15) is 0 Å². The molecule has 0 saturated carbocycles. The average Bonchev–Trinajstić information content (AvgIpc) is 2.22. The molecule has 0 N–H and O–H groups in total. The van der Waals surface area contributed by atoms with Crippen molar-refractivity contribution in [1.29, 1.82) is 0 Å². The van der Waals surface area contributed by atoms with Crippen LogP contribution in [0.2, 0.25) is 0 Å². The topological polar surface area (TPSA) is 12.4 Å².